The fourth-order valence-corrected chi connectivity index (χ4v) is 6.20. The van der Waals surface area contributed by atoms with Crippen molar-refractivity contribution >= 4 is 38.3 Å². The minimum absolute atomic E-state index is 0.123. The van der Waals surface area contributed by atoms with Gasteiger partial charge in [-0.1, -0.05) is 18.2 Å². The number of rotatable bonds is 5. The van der Waals surface area contributed by atoms with Gasteiger partial charge in [-0.3, -0.25) is 13.8 Å². The van der Waals surface area contributed by atoms with Crippen LogP contribution >= 0.6 is 0 Å². The number of carbonyl (C=O) groups excluding carboxylic acids is 1. The number of amides is 1. The first-order chi connectivity index (χ1) is 15.7. The molecule has 2 aromatic carbocycles. The molecule has 11 heteroatoms. The highest BCUT2D eigenvalue weighted by Crippen LogP contribution is 2.34. The summed E-state index contributed by atoms with van der Waals surface area (Å²) < 4.78 is 29.8. The van der Waals surface area contributed by atoms with Crippen molar-refractivity contribution in [3.05, 3.63) is 69.9 Å². The molecule has 0 bridgehead atoms. The molecular weight excluding hydrogens is 444 g/mol. The topological polar surface area (TPSA) is 133 Å². The summed E-state index contributed by atoms with van der Waals surface area (Å²) in [6.07, 6.45) is 0.654. The van der Waals surface area contributed by atoms with Crippen LogP contribution < -0.4 is 15.3 Å². The molecule has 170 valence electrons. The van der Waals surface area contributed by atoms with Gasteiger partial charge < -0.3 is 15.3 Å². The van der Waals surface area contributed by atoms with Gasteiger partial charge in [0.05, 0.1) is 28.1 Å². The maximum absolute atomic E-state index is 13.5. The number of fused-ring (bicyclic) bond motifs is 2. The SMILES string of the molecule is Cc1nn(CC(=O)Nc2ccc3[nH]c(=O)[nH]c3c2)c(C)c1S(=O)(=O)N1CCc2ccccc21. The molecule has 2 aromatic heterocycles. The number of sulfonamides is 1. The summed E-state index contributed by atoms with van der Waals surface area (Å²) in [5, 5.41) is 7.10. The summed E-state index contributed by atoms with van der Waals surface area (Å²) in [6.45, 7) is 3.50. The Labute approximate surface area is 189 Å². The van der Waals surface area contributed by atoms with Gasteiger partial charge in [0.2, 0.25) is 5.91 Å². The molecule has 3 heterocycles. The zero-order chi connectivity index (χ0) is 23.3. The number of nitrogens with zero attached hydrogens (tertiary/aromatic N) is 3. The largest absolute Gasteiger partial charge is 0.324 e. The minimum atomic E-state index is -3.83. The van der Waals surface area contributed by atoms with Gasteiger partial charge in [-0.05, 0) is 50.1 Å². The van der Waals surface area contributed by atoms with Gasteiger partial charge in [0.15, 0.2) is 0 Å². The van der Waals surface area contributed by atoms with Crippen molar-refractivity contribution in [3.63, 3.8) is 0 Å². The third-order valence-electron chi connectivity index (χ3n) is 5.80. The van der Waals surface area contributed by atoms with Gasteiger partial charge in [-0.2, -0.15) is 5.10 Å². The summed E-state index contributed by atoms with van der Waals surface area (Å²) >= 11 is 0. The molecular formula is C22H22N6O4S. The Morgan fingerprint density at radius 3 is 2.70 bits per heavy atom. The number of H-pyrrole nitrogens is 2. The van der Waals surface area contributed by atoms with E-state index in [0.29, 0.717) is 46.8 Å². The summed E-state index contributed by atoms with van der Waals surface area (Å²) in [4.78, 5) is 29.5. The van der Waals surface area contributed by atoms with Crippen LogP contribution in [0.1, 0.15) is 17.0 Å². The van der Waals surface area contributed by atoms with Gasteiger partial charge in [0, 0.05) is 12.2 Å². The van der Waals surface area contributed by atoms with Crippen molar-refractivity contribution in [2.24, 2.45) is 0 Å². The fraction of sp³-hybridized carbons (Fsp3) is 0.227. The Morgan fingerprint density at radius 1 is 1.12 bits per heavy atom. The quantitative estimate of drug-likeness (QED) is 0.414. The van der Waals surface area contributed by atoms with E-state index in [-0.39, 0.29) is 23.0 Å². The van der Waals surface area contributed by atoms with E-state index in [4.69, 9.17) is 0 Å². The Balaban J connectivity index is 1.39. The highest BCUT2D eigenvalue weighted by molar-refractivity contribution is 7.93. The highest BCUT2D eigenvalue weighted by Gasteiger charge is 2.35. The average molecular weight is 467 g/mol. The van der Waals surface area contributed by atoms with Crippen LogP contribution in [0.3, 0.4) is 0 Å². The van der Waals surface area contributed by atoms with Gasteiger partial charge in [-0.15, -0.1) is 0 Å². The van der Waals surface area contributed by atoms with E-state index < -0.39 is 10.0 Å². The smallest absolute Gasteiger partial charge is 0.323 e. The Morgan fingerprint density at radius 2 is 1.88 bits per heavy atom. The number of nitrogens with one attached hydrogen (secondary N) is 3. The van der Waals surface area contributed by atoms with Gasteiger partial charge in [0.1, 0.15) is 11.4 Å². The summed E-state index contributed by atoms with van der Waals surface area (Å²) in [7, 11) is -3.83. The molecule has 0 atom stereocenters. The van der Waals surface area contributed by atoms with Crippen molar-refractivity contribution < 1.29 is 13.2 Å². The predicted octanol–water partition coefficient (Wildman–Crippen LogP) is 2.06. The van der Waals surface area contributed by atoms with Crippen molar-refractivity contribution in [1.29, 1.82) is 0 Å². The number of aromatic amines is 2. The lowest BCUT2D eigenvalue weighted by Gasteiger charge is -2.19. The van der Waals surface area contributed by atoms with Crippen molar-refractivity contribution in [2.45, 2.75) is 31.7 Å². The van der Waals surface area contributed by atoms with Gasteiger partial charge in [0.25, 0.3) is 10.0 Å². The molecule has 0 saturated heterocycles. The molecule has 1 amide bonds. The molecule has 5 rings (SSSR count). The Kier molecular flexibility index (Phi) is 4.85. The number of hydrogen-bond donors (Lipinski definition) is 3. The molecule has 0 fully saturated rings. The number of carbonyl (C=O) groups is 1. The van der Waals surface area contributed by atoms with Crippen LogP contribution in [0, 0.1) is 13.8 Å². The number of aryl methyl sites for hydroxylation is 1. The molecule has 10 nitrogen and oxygen atoms in total. The Bertz CT molecular complexity index is 1560. The maximum atomic E-state index is 13.5. The van der Waals surface area contributed by atoms with E-state index in [1.165, 1.54) is 8.99 Å². The number of anilines is 2. The fourth-order valence-electron chi connectivity index (χ4n) is 4.32. The van der Waals surface area contributed by atoms with E-state index in [9.17, 15) is 18.0 Å². The van der Waals surface area contributed by atoms with E-state index in [1.807, 2.05) is 18.2 Å². The van der Waals surface area contributed by atoms with E-state index >= 15 is 0 Å². The van der Waals surface area contributed by atoms with Crippen LogP contribution in [0.25, 0.3) is 11.0 Å². The van der Waals surface area contributed by atoms with Crippen LogP contribution in [0.15, 0.2) is 52.2 Å². The summed E-state index contributed by atoms with van der Waals surface area (Å²) in [5.74, 6) is -0.367. The van der Waals surface area contributed by atoms with E-state index in [1.54, 1.807) is 38.1 Å². The lowest BCUT2D eigenvalue weighted by molar-refractivity contribution is -0.116. The van der Waals surface area contributed by atoms with Crippen molar-refractivity contribution in [1.82, 2.24) is 19.7 Å². The molecule has 0 spiro atoms. The number of aromatic nitrogens is 4. The van der Waals surface area contributed by atoms with Gasteiger partial charge >= 0.3 is 5.69 Å². The second-order valence-electron chi connectivity index (χ2n) is 8.00. The second-order valence-corrected chi connectivity index (χ2v) is 9.80. The monoisotopic (exact) mass is 466 g/mol. The van der Waals surface area contributed by atoms with E-state index in [0.717, 1.165) is 5.56 Å². The van der Waals surface area contributed by atoms with E-state index in [2.05, 4.69) is 20.4 Å². The van der Waals surface area contributed by atoms with Crippen molar-refractivity contribution in [2.75, 3.05) is 16.2 Å². The minimum Gasteiger partial charge on any atom is -0.324 e. The first-order valence-corrected chi connectivity index (χ1v) is 11.8. The lowest BCUT2D eigenvalue weighted by Crippen LogP contribution is -2.30. The molecule has 0 unspecified atom stereocenters. The zero-order valence-corrected chi connectivity index (χ0v) is 18.9. The van der Waals surface area contributed by atoms with Crippen LogP contribution in [-0.2, 0) is 27.8 Å². The molecule has 3 N–H and O–H groups in total. The second kappa shape index (κ2) is 7.62. The highest BCUT2D eigenvalue weighted by atomic mass is 32.2. The third kappa shape index (κ3) is 3.59. The maximum Gasteiger partial charge on any atom is 0.323 e. The molecule has 33 heavy (non-hydrogen) atoms. The van der Waals surface area contributed by atoms with Crippen molar-refractivity contribution in [3.8, 4) is 0 Å². The predicted molar refractivity (Wildman–Crippen MR) is 124 cm³/mol. The number of hydrogen-bond acceptors (Lipinski definition) is 5. The van der Waals surface area contributed by atoms with Crippen LogP contribution in [0.2, 0.25) is 0 Å². The van der Waals surface area contributed by atoms with Crippen LogP contribution in [0.4, 0.5) is 11.4 Å². The molecule has 0 radical (unpaired) electrons. The molecule has 0 saturated carbocycles. The number of para-hydroxylation sites is 1. The molecule has 1 aliphatic rings. The summed E-state index contributed by atoms with van der Waals surface area (Å²) in [5.41, 5.74) is 3.80. The molecule has 4 aromatic rings. The molecule has 1 aliphatic heterocycles. The van der Waals surface area contributed by atoms with Gasteiger partial charge in [-0.25, -0.2) is 13.2 Å². The zero-order valence-electron chi connectivity index (χ0n) is 18.0. The van der Waals surface area contributed by atoms with Crippen LogP contribution in [-0.4, -0.2) is 40.6 Å². The average Bonchev–Trinajstić information content (AvgIpc) is 3.42. The normalized spacial score (nSPS) is 13.5. The molecule has 0 aliphatic carbocycles. The number of benzene rings is 2. The first-order valence-electron chi connectivity index (χ1n) is 10.4. The lowest BCUT2D eigenvalue weighted by atomic mass is 10.2. The first kappa shape index (κ1) is 21.0. The number of imidazole rings is 1. The standard InChI is InChI=1S/C22H22N6O4S/c1-13-21(33(31,32)28-10-9-15-5-3-4-6-19(15)28)14(2)27(26-13)12-20(29)23-16-7-8-17-18(11-16)25-22(30)24-17/h3-8,11H,9-10,12H2,1-2H3,(H,23,29)(H2,24,25,30). The Hall–Kier alpha value is -3.86. The third-order valence-corrected chi connectivity index (χ3v) is 7.87. The van der Waals surface area contributed by atoms with Crippen LogP contribution in [0.5, 0.6) is 0 Å². The summed E-state index contributed by atoms with van der Waals surface area (Å²) in [6, 6.07) is 12.5.